The highest BCUT2D eigenvalue weighted by Crippen LogP contribution is 2.35. The van der Waals surface area contributed by atoms with Crippen molar-refractivity contribution >= 4 is 6.03 Å². The number of piperazine rings is 1. The number of nitrogens with one attached hydrogen (secondary N) is 1. The first-order chi connectivity index (χ1) is 9.15. The summed E-state index contributed by atoms with van der Waals surface area (Å²) in [6.45, 7) is 4.97. The molecule has 1 N–H and O–H groups in total. The van der Waals surface area contributed by atoms with E-state index in [0.717, 1.165) is 38.6 Å². The van der Waals surface area contributed by atoms with Crippen LogP contribution < -0.4 is 5.32 Å². The van der Waals surface area contributed by atoms with Gasteiger partial charge in [0.2, 0.25) is 0 Å². The Morgan fingerprint density at radius 2 is 2.05 bits per heavy atom. The molecule has 5 heteroatoms. The first-order valence-corrected chi connectivity index (χ1v) is 7.59. The highest BCUT2D eigenvalue weighted by Gasteiger charge is 2.41. The van der Waals surface area contributed by atoms with Gasteiger partial charge in [0.05, 0.1) is 6.04 Å². The van der Waals surface area contributed by atoms with E-state index in [-0.39, 0.29) is 6.03 Å². The zero-order valence-electron chi connectivity index (χ0n) is 12.1. The summed E-state index contributed by atoms with van der Waals surface area (Å²) in [4.78, 5) is 18.7. The second kappa shape index (κ2) is 5.29. The molecule has 3 fully saturated rings. The summed E-state index contributed by atoms with van der Waals surface area (Å²) in [7, 11) is 4.13. The maximum atomic E-state index is 12.3. The average Bonchev–Trinajstić information content (AvgIpc) is 2.56. The summed E-state index contributed by atoms with van der Waals surface area (Å²) < 4.78 is 0. The number of amides is 2. The van der Waals surface area contributed by atoms with Crippen LogP contribution in [0.5, 0.6) is 0 Å². The largest absolute Gasteiger partial charge is 0.323 e. The molecule has 2 saturated heterocycles. The van der Waals surface area contributed by atoms with Crippen molar-refractivity contribution in [3.8, 4) is 0 Å². The second-order valence-corrected chi connectivity index (χ2v) is 6.47. The molecule has 2 amide bonds. The smallest absolute Gasteiger partial charge is 0.320 e. The van der Waals surface area contributed by atoms with Gasteiger partial charge >= 0.3 is 6.03 Å². The van der Waals surface area contributed by atoms with Crippen LogP contribution in [0.1, 0.15) is 19.3 Å². The van der Waals surface area contributed by atoms with E-state index in [1.54, 1.807) is 0 Å². The molecule has 3 rings (SSSR count). The number of urea groups is 1. The van der Waals surface area contributed by atoms with Crippen LogP contribution >= 0.6 is 0 Å². The zero-order valence-corrected chi connectivity index (χ0v) is 12.1. The Morgan fingerprint density at radius 3 is 2.68 bits per heavy atom. The summed E-state index contributed by atoms with van der Waals surface area (Å²) in [6.07, 6.45) is 3.96. The Morgan fingerprint density at radius 1 is 1.26 bits per heavy atom. The Bertz CT molecular complexity index is 344. The quantitative estimate of drug-likeness (QED) is 0.805. The molecule has 108 valence electrons. The van der Waals surface area contributed by atoms with Crippen molar-refractivity contribution in [3.63, 3.8) is 0 Å². The monoisotopic (exact) mass is 266 g/mol. The van der Waals surface area contributed by atoms with E-state index in [0.29, 0.717) is 12.1 Å². The highest BCUT2D eigenvalue weighted by molar-refractivity contribution is 5.77. The Hall–Kier alpha value is -0.810. The van der Waals surface area contributed by atoms with Crippen molar-refractivity contribution in [2.24, 2.45) is 5.92 Å². The summed E-state index contributed by atoms with van der Waals surface area (Å²) in [5.74, 6) is 0.751. The van der Waals surface area contributed by atoms with Crippen LogP contribution in [-0.2, 0) is 0 Å². The van der Waals surface area contributed by atoms with Crippen molar-refractivity contribution in [3.05, 3.63) is 0 Å². The summed E-state index contributed by atoms with van der Waals surface area (Å²) in [5, 5.41) is 3.53. The molecule has 5 nitrogen and oxygen atoms in total. The Kier molecular flexibility index (Phi) is 3.67. The second-order valence-electron chi connectivity index (χ2n) is 6.47. The van der Waals surface area contributed by atoms with Gasteiger partial charge in [-0.1, -0.05) is 6.42 Å². The third-order valence-corrected chi connectivity index (χ3v) is 5.07. The van der Waals surface area contributed by atoms with Gasteiger partial charge in [-0.05, 0) is 25.8 Å². The molecule has 2 unspecified atom stereocenters. The summed E-state index contributed by atoms with van der Waals surface area (Å²) in [5.41, 5.74) is 0. The van der Waals surface area contributed by atoms with Crippen molar-refractivity contribution in [2.75, 3.05) is 46.8 Å². The van der Waals surface area contributed by atoms with Gasteiger partial charge in [-0.25, -0.2) is 4.79 Å². The van der Waals surface area contributed by atoms with Crippen LogP contribution in [0.25, 0.3) is 0 Å². The fourth-order valence-electron chi connectivity index (χ4n) is 3.61. The van der Waals surface area contributed by atoms with Crippen LogP contribution in [0.3, 0.4) is 0 Å². The molecule has 0 aromatic carbocycles. The third kappa shape index (κ3) is 2.58. The lowest BCUT2D eigenvalue weighted by molar-refractivity contribution is 0.163. The first-order valence-electron chi connectivity index (χ1n) is 7.59. The lowest BCUT2D eigenvalue weighted by atomic mass is 9.79. The Labute approximate surface area is 115 Å². The van der Waals surface area contributed by atoms with Crippen LogP contribution in [0.15, 0.2) is 0 Å². The lowest BCUT2D eigenvalue weighted by Crippen LogP contribution is -2.54. The van der Waals surface area contributed by atoms with Crippen molar-refractivity contribution in [1.82, 2.24) is 20.0 Å². The van der Waals surface area contributed by atoms with Crippen molar-refractivity contribution < 1.29 is 4.79 Å². The fourth-order valence-corrected chi connectivity index (χ4v) is 3.61. The van der Waals surface area contributed by atoms with Gasteiger partial charge in [0.15, 0.2) is 0 Å². The number of rotatable bonds is 3. The molecule has 2 atom stereocenters. The summed E-state index contributed by atoms with van der Waals surface area (Å²) >= 11 is 0. The molecule has 0 aromatic rings. The predicted octanol–water partition coefficient (Wildman–Crippen LogP) is 0.426. The molecular weight excluding hydrogens is 240 g/mol. The normalized spacial score (nSPS) is 33.9. The van der Waals surface area contributed by atoms with E-state index < -0.39 is 0 Å². The number of hydrogen-bond acceptors (Lipinski definition) is 3. The molecular formula is C14H26N4O. The number of carbonyl (C=O) groups excluding carboxylic acids is 1. The predicted molar refractivity (Wildman–Crippen MR) is 75.1 cm³/mol. The van der Waals surface area contributed by atoms with Crippen LogP contribution in [0.2, 0.25) is 0 Å². The van der Waals surface area contributed by atoms with Gasteiger partial charge in [-0.15, -0.1) is 0 Å². The van der Waals surface area contributed by atoms with Crippen molar-refractivity contribution in [1.29, 1.82) is 0 Å². The molecule has 0 bridgehead atoms. The topological polar surface area (TPSA) is 38.8 Å². The maximum Gasteiger partial charge on any atom is 0.320 e. The average molecular weight is 266 g/mol. The lowest BCUT2D eigenvalue weighted by Gasteiger charge is -2.34. The number of hydrogen-bond donors (Lipinski definition) is 1. The van der Waals surface area contributed by atoms with E-state index in [1.807, 2.05) is 11.9 Å². The van der Waals surface area contributed by atoms with Gasteiger partial charge < -0.3 is 20.0 Å². The third-order valence-electron chi connectivity index (χ3n) is 5.07. The Balaban J connectivity index is 1.57. The number of carbonyl (C=O) groups is 1. The van der Waals surface area contributed by atoms with E-state index in [1.165, 1.54) is 19.3 Å². The van der Waals surface area contributed by atoms with E-state index in [9.17, 15) is 4.79 Å². The molecule has 2 aliphatic heterocycles. The number of likely N-dealkylation sites (N-methyl/N-ethyl adjacent to an activating group) is 2. The van der Waals surface area contributed by atoms with Gasteiger partial charge in [-0.2, -0.15) is 0 Å². The van der Waals surface area contributed by atoms with Crippen LogP contribution in [0, 0.1) is 5.92 Å². The molecule has 0 spiro atoms. The molecule has 3 aliphatic rings. The number of nitrogens with zero attached hydrogens (tertiary/aromatic N) is 3. The first kappa shape index (κ1) is 13.2. The van der Waals surface area contributed by atoms with E-state index in [4.69, 9.17) is 0 Å². The van der Waals surface area contributed by atoms with Crippen LogP contribution in [-0.4, -0.2) is 79.6 Å². The minimum absolute atomic E-state index is 0.229. The molecule has 0 radical (unpaired) electrons. The molecule has 1 aliphatic carbocycles. The standard InChI is InChI=1S/C14H26N4O/c1-16-7-6-15-12(8-16)9-18-10-13(11-4-3-5-11)17(2)14(18)19/h11-13,15H,3-10H2,1-2H3. The maximum absolute atomic E-state index is 12.3. The molecule has 2 heterocycles. The fraction of sp³-hybridized carbons (Fsp3) is 0.929. The zero-order chi connectivity index (χ0) is 13.4. The van der Waals surface area contributed by atoms with Gasteiger partial charge in [0.1, 0.15) is 0 Å². The minimum Gasteiger partial charge on any atom is -0.323 e. The minimum atomic E-state index is 0.229. The molecule has 0 aromatic heterocycles. The van der Waals surface area contributed by atoms with Gasteiger partial charge in [0, 0.05) is 45.8 Å². The van der Waals surface area contributed by atoms with Gasteiger partial charge in [0.25, 0.3) is 0 Å². The summed E-state index contributed by atoms with van der Waals surface area (Å²) in [6, 6.07) is 1.12. The SMILES string of the molecule is CN1CCNC(CN2CC(C3CCC3)N(C)C2=O)C1. The molecule has 19 heavy (non-hydrogen) atoms. The van der Waals surface area contributed by atoms with Gasteiger partial charge in [-0.3, -0.25) is 0 Å². The van der Waals surface area contributed by atoms with E-state index in [2.05, 4.69) is 22.2 Å². The van der Waals surface area contributed by atoms with Crippen molar-refractivity contribution in [2.45, 2.75) is 31.3 Å². The molecule has 1 saturated carbocycles. The van der Waals surface area contributed by atoms with E-state index >= 15 is 0 Å². The van der Waals surface area contributed by atoms with Crippen LogP contribution in [0.4, 0.5) is 4.79 Å². The highest BCUT2D eigenvalue weighted by atomic mass is 16.2.